The third-order valence-electron chi connectivity index (χ3n) is 2.84. The molecule has 4 heteroatoms. The molecule has 2 rings (SSSR count). The Bertz CT molecular complexity index is 599. The standard InChI is InChI=1S/C15H17N3O/c1-11(2)15(19)17-10-14-9-16-12(3)18(14)13-7-5-4-6-8-13/h4-9H,1,10H2,2-3H3,(H,17,19). The fraction of sp³-hybridized carbons (Fsp3) is 0.200. The lowest BCUT2D eigenvalue weighted by Gasteiger charge is -2.11. The third-order valence-corrected chi connectivity index (χ3v) is 2.84. The van der Waals surface area contributed by atoms with Gasteiger partial charge in [0.05, 0.1) is 18.4 Å². The fourth-order valence-corrected chi connectivity index (χ4v) is 1.87. The highest BCUT2D eigenvalue weighted by Crippen LogP contribution is 2.14. The van der Waals surface area contributed by atoms with Crippen LogP contribution in [0.5, 0.6) is 0 Å². The van der Waals surface area contributed by atoms with E-state index in [1.165, 1.54) is 0 Å². The largest absolute Gasteiger partial charge is 0.347 e. The summed E-state index contributed by atoms with van der Waals surface area (Å²) in [6.07, 6.45) is 1.78. The van der Waals surface area contributed by atoms with Crippen molar-refractivity contribution in [3.63, 3.8) is 0 Å². The Balaban J connectivity index is 2.24. The Morgan fingerprint density at radius 3 is 2.68 bits per heavy atom. The van der Waals surface area contributed by atoms with E-state index in [4.69, 9.17) is 0 Å². The molecule has 1 heterocycles. The van der Waals surface area contributed by atoms with Crippen molar-refractivity contribution < 1.29 is 4.79 Å². The van der Waals surface area contributed by atoms with E-state index in [1.54, 1.807) is 13.1 Å². The number of nitrogens with one attached hydrogen (secondary N) is 1. The van der Waals surface area contributed by atoms with Gasteiger partial charge in [-0.2, -0.15) is 0 Å². The van der Waals surface area contributed by atoms with Crippen molar-refractivity contribution in [2.75, 3.05) is 0 Å². The second kappa shape index (κ2) is 5.52. The first kappa shape index (κ1) is 13.1. The number of benzene rings is 1. The molecule has 4 nitrogen and oxygen atoms in total. The van der Waals surface area contributed by atoms with Gasteiger partial charge in [0.2, 0.25) is 5.91 Å². The molecule has 1 aromatic heterocycles. The predicted molar refractivity (Wildman–Crippen MR) is 75.0 cm³/mol. The molecule has 98 valence electrons. The summed E-state index contributed by atoms with van der Waals surface area (Å²) in [6, 6.07) is 9.95. The number of hydrogen-bond acceptors (Lipinski definition) is 2. The number of nitrogens with zero attached hydrogens (tertiary/aromatic N) is 2. The van der Waals surface area contributed by atoms with Crippen molar-refractivity contribution in [1.29, 1.82) is 0 Å². The van der Waals surface area contributed by atoms with Gasteiger partial charge in [-0.1, -0.05) is 24.8 Å². The summed E-state index contributed by atoms with van der Waals surface area (Å²) >= 11 is 0. The van der Waals surface area contributed by atoms with Crippen molar-refractivity contribution in [3.8, 4) is 5.69 Å². The second-order valence-corrected chi connectivity index (χ2v) is 4.43. The molecular weight excluding hydrogens is 238 g/mol. The van der Waals surface area contributed by atoms with Gasteiger partial charge in [-0.25, -0.2) is 4.98 Å². The Morgan fingerprint density at radius 1 is 1.37 bits per heavy atom. The summed E-state index contributed by atoms with van der Waals surface area (Å²) < 4.78 is 2.03. The molecule has 1 N–H and O–H groups in total. The van der Waals surface area contributed by atoms with Gasteiger partial charge in [0.1, 0.15) is 5.82 Å². The van der Waals surface area contributed by atoms with Crippen molar-refractivity contribution in [3.05, 3.63) is 60.2 Å². The van der Waals surface area contributed by atoms with E-state index in [0.717, 1.165) is 17.2 Å². The molecule has 0 radical (unpaired) electrons. The van der Waals surface area contributed by atoms with Gasteiger partial charge >= 0.3 is 0 Å². The van der Waals surface area contributed by atoms with Crippen LogP contribution in [-0.2, 0) is 11.3 Å². The van der Waals surface area contributed by atoms with Crippen LogP contribution in [0.4, 0.5) is 0 Å². The smallest absolute Gasteiger partial charge is 0.246 e. The highest BCUT2D eigenvalue weighted by molar-refractivity contribution is 5.91. The van der Waals surface area contributed by atoms with E-state index in [1.807, 2.05) is 41.8 Å². The van der Waals surface area contributed by atoms with Crippen LogP contribution in [0.25, 0.3) is 5.69 Å². The molecule has 0 atom stereocenters. The summed E-state index contributed by atoms with van der Waals surface area (Å²) in [5.41, 5.74) is 2.48. The first-order chi connectivity index (χ1) is 9.09. The summed E-state index contributed by atoms with van der Waals surface area (Å²) in [7, 11) is 0. The molecular formula is C15H17N3O. The number of hydrogen-bond donors (Lipinski definition) is 1. The van der Waals surface area contributed by atoms with Gasteiger partial charge in [0, 0.05) is 11.3 Å². The van der Waals surface area contributed by atoms with E-state index >= 15 is 0 Å². The van der Waals surface area contributed by atoms with Crippen molar-refractivity contribution in [2.45, 2.75) is 20.4 Å². The van der Waals surface area contributed by atoms with Gasteiger partial charge in [0.25, 0.3) is 0 Å². The van der Waals surface area contributed by atoms with E-state index in [2.05, 4.69) is 16.9 Å². The van der Waals surface area contributed by atoms with Crippen LogP contribution >= 0.6 is 0 Å². The van der Waals surface area contributed by atoms with Crippen LogP contribution in [0, 0.1) is 6.92 Å². The van der Waals surface area contributed by atoms with Crippen LogP contribution in [0.2, 0.25) is 0 Å². The maximum atomic E-state index is 11.5. The molecule has 1 amide bonds. The minimum atomic E-state index is -0.140. The van der Waals surface area contributed by atoms with E-state index in [0.29, 0.717) is 12.1 Å². The van der Waals surface area contributed by atoms with Crippen LogP contribution in [0.3, 0.4) is 0 Å². The number of amides is 1. The van der Waals surface area contributed by atoms with Crippen LogP contribution < -0.4 is 5.32 Å². The number of aromatic nitrogens is 2. The quantitative estimate of drug-likeness (QED) is 0.853. The van der Waals surface area contributed by atoms with E-state index in [9.17, 15) is 4.79 Å². The summed E-state index contributed by atoms with van der Waals surface area (Å²) in [5.74, 6) is 0.754. The second-order valence-electron chi connectivity index (χ2n) is 4.43. The zero-order valence-electron chi connectivity index (χ0n) is 11.2. The minimum absolute atomic E-state index is 0.140. The molecule has 2 aromatic rings. The lowest BCUT2D eigenvalue weighted by molar-refractivity contribution is -0.117. The van der Waals surface area contributed by atoms with E-state index in [-0.39, 0.29) is 5.91 Å². The van der Waals surface area contributed by atoms with Crippen molar-refractivity contribution in [1.82, 2.24) is 14.9 Å². The highest BCUT2D eigenvalue weighted by atomic mass is 16.1. The lowest BCUT2D eigenvalue weighted by atomic mass is 10.3. The Morgan fingerprint density at radius 2 is 2.05 bits per heavy atom. The molecule has 0 unspecified atom stereocenters. The number of para-hydroxylation sites is 1. The van der Waals surface area contributed by atoms with Gasteiger partial charge < -0.3 is 5.32 Å². The van der Waals surface area contributed by atoms with Gasteiger partial charge in [0.15, 0.2) is 0 Å². The molecule has 0 aliphatic heterocycles. The third kappa shape index (κ3) is 2.91. The molecule has 0 aliphatic carbocycles. The van der Waals surface area contributed by atoms with Crippen LogP contribution in [0.15, 0.2) is 48.7 Å². The van der Waals surface area contributed by atoms with Gasteiger partial charge in [-0.3, -0.25) is 9.36 Å². The average molecular weight is 255 g/mol. The average Bonchev–Trinajstić information content (AvgIpc) is 2.78. The topological polar surface area (TPSA) is 46.9 Å². The van der Waals surface area contributed by atoms with Crippen molar-refractivity contribution in [2.24, 2.45) is 0 Å². The number of imidazole rings is 1. The molecule has 1 aromatic carbocycles. The Kier molecular flexibility index (Phi) is 3.80. The van der Waals surface area contributed by atoms with Crippen LogP contribution in [0.1, 0.15) is 18.4 Å². The molecule has 0 fully saturated rings. The monoisotopic (exact) mass is 255 g/mol. The zero-order chi connectivity index (χ0) is 13.8. The molecule has 0 spiro atoms. The summed E-state index contributed by atoms with van der Waals surface area (Å²) in [4.78, 5) is 15.8. The first-order valence-corrected chi connectivity index (χ1v) is 6.12. The maximum absolute atomic E-state index is 11.5. The summed E-state index contributed by atoms with van der Waals surface area (Å²) in [5, 5.41) is 2.82. The number of rotatable bonds is 4. The molecule has 0 bridgehead atoms. The maximum Gasteiger partial charge on any atom is 0.246 e. The van der Waals surface area contributed by atoms with E-state index < -0.39 is 0 Å². The molecule has 0 saturated carbocycles. The van der Waals surface area contributed by atoms with Gasteiger partial charge in [-0.15, -0.1) is 0 Å². The molecule has 0 saturated heterocycles. The zero-order valence-corrected chi connectivity index (χ0v) is 11.2. The summed E-state index contributed by atoms with van der Waals surface area (Å²) in [6.45, 7) is 7.68. The minimum Gasteiger partial charge on any atom is -0.347 e. The van der Waals surface area contributed by atoms with Crippen LogP contribution in [-0.4, -0.2) is 15.5 Å². The Labute approximate surface area is 112 Å². The SMILES string of the molecule is C=C(C)C(=O)NCc1cnc(C)n1-c1ccccc1. The number of carbonyl (C=O) groups excluding carboxylic acids is 1. The predicted octanol–water partition coefficient (Wildman–Crippen LogP) is 2.37. The normalized spacial score (nSPS) is 10.2. The lowest BCUT2D eigenvalue weighted by Crippen LogP contribution is -2.24. The highest BCUT2D eigenvalue weighted by Gasteiger charge is 2.09. The first-order valence-electron chi connectivity index (χ1n) is 6.12. The number of carbonyl (C=O) groups is 1. The molecule has 0 aliphatic rings. The Hall–Kier alpha value is -2.36. The fourth-order valence-electron chi connectivity index (χ4n) is 1.87. The van der Waals surface area contributed by atoms with Crippen molar-refractivity contribution >= 4 is 5.91 Å². The number of aryl methyl sites for hydroxylation is 1. The molecule has 19 heavy (non-hydrogen) atoms. The van der Waals surface area contributed by atoms with Gasteiger partial charge in [-0.05, 0) is 26.0 Å².